The van der Waals surface area contributed by atoms with Gasteiger partial charge < -0.3 is 16.8 Å². The van der Waals surface area contributed by atoms with E-state index in [1.54, 1.807) is 18.2 Å². The molecule has 0 radical (unpaired) electrons. The molecule has 29 heavy (non-hydrogen) atoms. The second kappa shape index (κ2) is 8.97. The molecule has 0 aliphatic heterocycles. The molecule has 0 bridgehead atoms. The Morgan fingerprint density at radius 3 is 2.45 bits per heavy atom. The summed E-state index contributed by atoms with van der Waals surface area (Å²) in [6.07, 6.45) is 2.88. The van der Waals surface area contributed by atoms with Crippen LogP contribution in [0, 0.1) is 0 Å². The first-order chi connectivity index (χ1) is 14.0. The highest BCUT2D eigenvalue weighted by atomic mass is 16.2. The van der Waals surface area contributed by atoms with Gasteiger partial charge in [0.15, 0.2) is 11.5 Å². The summed E-state index contributed by atoms with van der Waals surface area (Å²) in [5, 5.41) is 2.93. The Labute approximate surface area is 169 Å². The van der Waals surface area contributed by atoms with Crippen molar-refractivity contribution in [2.75, 3.05) is 5.73 Å². The van der Waals surface area contributed by atoms with Gasteiger partial charge in [0, 0.05) is 18.5 Å². The van der Waals surface area contributed by atoms with Crippen molar-refractivity contribution in [3.63, 3.8) is 0 Å². The van der Waals surface area contributed by atoms with Crippen LogP contribution in [0.5, 0.6) is 0 Å². The molecular formula is C22H23N5O2. The van der Waals surface area contributed by atoms with Crippen LogP contribution in [0.1, 0.15) is 50.2 Å². The number of carbonyl (C=O) groups is 2. The fourth-order valence-electron chi connectivity index (χ4n) is 2.91. The van der Waals surface area contributed by atoms with Gasteiger partial charge in [-0.15, -0.1) is 0 Å². The zero-order chi connectivity index (χ0) is 20.8. The molecule has 0 fully saturated rings. The SMILES string of the molecule is CCc1ccc(CNC(=O)c2cccc(Cc3cnc(N)c(C(N)=O)n3)c2)cc1. The lowest BCUT2D eigenvalue weighted by atomic mass is 10.1. The van der Waals surface area contributed by atoms with E-state index in [4.69, 9.17) is 11.5 Å². The Morgan fingerprint density at radius 2 is 1.76 bits per heavy atom. The van der Waals surface area contributed by atoms with E-state index in [1.807, 2.05) is 18.2 Å². The fraction of sp³-hybridized carbons (Fsp3) is 0.182. The van der Waals surface area contributed by atoms with E-state index < -0.39 is 5.91 Å². The van der Waals surface area contributed by atoms with Crippen molar-refractivity contribution in [1.29, 1.82) is 0 Å². The molecule has 0 saturated heterocycles. The summed E-state index contributed by atoms with van der Waals surface area (Å²) >= 11 is 0. The number of nitrogens with one attached hydrogen (secondary N) is 1. The summed E-state index contributed by atoms with van der Waals surface area (Å²) in [7, 11) is 0. The highest BCUT2D eigenvalue weighted by molar-refractivity contribution is 5.95. The molecular weight excluding hydrogens is 366 g/mol. The molecule has 7 heteroatoms. The third kappa shape index (κ3) is 5.16. The van der Waals surface area contributed by atoms with E-state index in [0.29, 0.717) is 24.2 Å². The maximum absolute atomic E-state index is 12.5. The van der Waals surface area contributed by atoms with Crippen molar-refractivity contribution in [1.82, 2.24) is 15.3 Å². The van der Waals surface area contributed by atoms with E-state index in [1.165, 1.54) is 11.8 Å². The van der Waals surface area contributed by atoms with E-state index in [-0.39, 0.29) is 17.4 Å². The molecule has 5 N–H and O–H groups in total. The number of nitrogen functional groups attached to an aromatic ring is 1. The zero-order valence-corrected chi connectivity index (χ0v) is 16.2. The van der Waals surface area contributed by atoms with Gasteiger partial charge in [0.25, 0.3) is 11.8 Å². The number of aromatic nitrogens is 2. The number of benzene rings is 2. The number of hydrogen-bond acceptors (Lipinski definition) is 5. The lowest BCUT2D eigenvalue weighted by Gasteiger charge is -2.08. The van der Waals surface area contributed by atoms with Crippen molar-refractivity contribution in [3.8, 4) is 0 Å². The Hall–Kier alpha value is -3.74. The van der Waals surface area contributed by atoms with Crippen LogP contribution in [0.15, 0.2) is 54.7 Å². The van der Waals surface area contributed by atoms with Gasteiger partial charge in [0.2, 0.25) is 0 Å². The molecule has 0 spiro atoms. The summed E-state index contributed by atoms with van der Waals surface area (Å²) in [5.41, 5.74) is 15.1. The Balaban J connectivity index is 1.67. The van der Waals surface area contributed by atoms with Gasteiger partial charge in [-0.3, -0.25) is 9.59 Å². The first-order valence-electron chi connectivity index (χ1n) is 9.32. The van der Waals surface area contributed by atoms with E-state index in [9.17, 15) is 9.59 Å². The lowest BCUT2D eigenvalue weighted by molar-refractivity contribution is 0.0949. The molecule has 1 heterocycles. The number of carbonyl (C=O) groups excluding carboxylic acids is 2. The number of aryl methyl sites for hydroxylation is 1. The van der Waals surface area contributed by atoms with Crippen LogP contribution in [-0.2, 0) is 19.4 Å². The number of anilines is 1. The largest absolute Gasteiger partial charge is 0.382 e. The molecule has 0 aliphatic carbocycles. The molecule has 7 nitrogen and oxygen atoms in total. The van der Waals surface area contributed by atoms with Crippen molar-refractivity contribution in [3.05, 3.63) is 88.4 Å². The van der Waals surface area contributed by atoms with Gasteiger partial charge in [0.05, 0.1) is 11.9 Å². The Bertz CT molecular complexity index is 1030. The number of rotatable bonds is 7. The highest BCUT2D eigenvalue weighted by Gasteiger charge is 2.12. The first kappa shape index (κ1) is 20.0. The summed E-state index contributed by atoms with van der Waals surface area (Å²) in [4.78, 5) is 32.0. The minimum atomic E-state index is -0.725. The molecule has 3 rings (SSSR count). The van der Waals surface area contributed by atoms with Crippen LogP contribution in [0.4, 0.5) is 5.82 Å². The second-order valence-corrected chi connectivity index (χ2v) is 6.69. The minimum Gasteiger partial charge on any atom is -0.382 e. The number of amides is 2. The Kier molecular flexibility index (Phi) is 6.19. The molecule has 2 amide bonds. The molecule has 1 aromatic heterocycles. The molecule has 0 aliphatic rings. The summed E-state index contributed by atoms with van der Waals surface area (Å²) in [6.45, 7) is 2.56. The van der Waals surface area contributed by atoms with Crippen LogP contribution in [-0.4, -0.2) is 21.8 Å². The molecule has 3 aromatic rings. The molecule has 0 unspecified atom stereocenters. The van der Waals surface area contributed by atoms with Crippen molar-refractivity contribution >= 4 is 17.6 Å². The molecule has 0 atom stereocenters. The summed E-state index contributed by atoms with van der Waals surface area (Å²) in [5.74, 6) is -0.883. The van der Waals surface area contributed by atoms with E-state index >= 15 is 0 Å². The van der Waals surface area contributed by atoms with Crippen LogP contribution in [0.2, 0.25) is 0 Å². The average molecular weight is 389 g/mol. The van der Waals surface area contributed by atoms with Crippen molar-refractivity contribution in [2.45, 2.75) is 26.3 Å². The molecule has 0 saturated carbocycles. The van der Waals surface area contributed by atoms with Gasteiger partial charge in [-0.25, -0.2) is 9.97 Å². The van der Waals surface area contributed by atoms with Gasteiger partial charge in [0.1, 0.15) is 0 Å². The van der Waals surface area contributed by atoms with Crippen LogP contribution < -0.4 is 16.8 Å². The maximum atomic E-state index is 12.5. The zero-order valence-electron chi connectivity index (χ0n) is 16.2. The summed E-state index contributed by atoms with van der Waals surface area (Å²) < 4.78 is 0. The van der Waals surface area contributed by atoms with Crippen molar-refractivity contribution in [2.24, 2.45) is 5.73 Å². The van der Waals surface area contributed by atoms with Gasteiger partial charge in [-0.05, 0) is 35.2 Å². The van der Waals surface area contributed by atoms with E-state index in [2.05, 4.69) is 34.3 Å². The predicted molar refractivity (Wildman–Crippen MR) is 111 cm³/mol. The fourth-order valence-corrected chi connectivity index (χ4v) is 2.91. The topological polar surface area (TPSA) is 124 Å². The van der Waals surface area contributed by atoms with Gasteiger partial charge >= 0.3 is 0 Å². The highest BCUT2D eigenvalue weighted by Crippen LogP contribution is 2.13. The number of primary amides is 1. The van der Waals surface area contributed by atoms with Crippen LogP contribution in [0.3, 0.4) is 0 Å². The third-order valence-corrected chi connectivity index (χ3v) is 4.54. The number of nitrogens with two attached hydrogens (primary N) is 2. The summed E-state index contributed by atoms with van der Waals surface area (Å²) in [6, 6.07) is 15.4. The van der Waals surface area contributed by atoms with Gasteiger partial charge in [-0.2, -0.15) is 0 Å². The van der Waals surface area contributed by atoms with E-state index in [0.717, 1.165) is 17.5 Å². The first-order valence-corrected chi connectivity index (χ1v) is 9.32. The van der Waals surface area contributed by atoms with Crippen molar-refractivity contribution < 1.29 is 9.59 Å². The molecule has 148 valence electrons. The minimum absolute atomic E-state index is 0.00125. The maximum Gasteiger partial charge on any atom is 0.271 e. The van der Waals surface area contributed by atoms with Crippen LogP contribution >= 0.6 is 0 Å². The average Bonchev–Trinajstić information content (AvgIpc) is 2.73. The Morgan fingerprint density at radius 1 is 1.03 bits per heavy atom. The third-order valence-electron chi connectivity index (χ3n) is 4.54. The number of hydrogen-bond donors (Lipinski definition) is 3. The monoisotopic (exact) mass is 389 g/mol. The number of nitrogens with zero attached hydrogens (tertiary/aromatic N) is 2. The predicted octanol–water partition coefficient (Wildman–Crippen LogP) is 2.24. The lowest BCUT2D eigenvalue weighted by Crippen LogP contribution is -2.22. The second-order valence-electron chi connectivity index (χ2n) is 6.69. The standard InChI is InChI=1S/C22H23N5O2/c1-2-14-6-8-15(9-7-14)12-26-22(29)17-5-3-4-16(10-17)11-18-13-25-20(23)19(27-18)21(24)28/h3-10,13H,2,11-12H2,1H3,(H2,23,25)(H2,24,28)(H,26,29). The normalized spacial score (nSPS) is 10.5. The van der Waals surface area contributed by atoms with Crippen LogP contribution in [0.25, 0.3) is 0 Å². The van der Waals surface area contributed by atoms with Gasteiger partial charge in [-0.1, -0.05) is 43.3 Å². The quantitative estimate of drug-likeness (QED) is 0.572. The molecule has 2 aromatic carbocycles. The smallest absolute Gasteiger partial charge is 0.271 e.